The van der Waals surface area contributed by atoms with Crippen molar-refractivity contribution in [1.29, 1.82) is 0 Å². The molecule has 0 N–H and O–H groups in total. The van der Waals surface area contributed by atoms with Gasteiger partial charge in [-0.05, 0) is 37.0 Å². The molecule has 2 aromatic carbocycles. The number of hydrogen-bond acceptors (Lipinski definition) is 3. The summed E-state index contributed by atoms with van der Waals surface area (Å²) >= 11 is 0. The summed E-state index contributed by atoms with van der Waals surface area (Å²) in [5, 5.41) is 0. The lowest BCUT2D eigenvalue weighted by Gasteiger charge is -2.12. The van der Waals surface area contributed by atoms with Crippen molar-refractivity contribution in [2.45, 2.75) is 39.5 Å². The fourth-order valence-electron chi connectivity index (χ4n) is 4.78. The Hall–Kier alpha value is -3.87. The molecule has 0 atom stereocenters. The van der Waals surface area contributed by atoms with Gasteiger partial charge < -0.3 is 0 Å². The van der Waals surface area contributed by atoms with Crippen molar-refractivity contribution in [3.63, 3.8) is 0 Å². The van der Waals surface area contributed by atoms with Gasteiger partial charge in [0.15, 0.2) is 11.2 Å². The minimum Gasteiger partial charge on any atom is -0.279 e. The van der Waals surface area contributed by atoms with Crippen molar-refractivity contribution in [2.24, 2.45) is 14.1 Å². The first-order valence-electron chi connectivity index (χ1n) is 11.8. The van der Waals surface area contributed by atoms with Crippen LogP contribution in [-0.2, 0) is 26.9 Å². The van der Waals surface area contributed by atoms with E-state index in [0.29, 0.717) is 23.4 Å². The second-order valence-corrected chi connectivity index (χ2v) is 8.75. The molecule has 0 fully saturated rings. The molecule has 7 heteroatoms. The summed E-state index contributed by atoms with van der Waals surface area (Å²) in [7, 11) is 3.17. The lowest BCUT2D eigenvalue weighted by Crippen LogP contribution is -2.37. The van der Waals surface area contributed by atoms with Crippen LogP contribution >= 0.6 is 0 Å². The van der Waals surface area contributed by atoms with Crippen LogP contribution in [-0.4, -0.2) is 23.1 Å². The van der Waals surface area contributed by atoms with E-state index in [1.54, 1.807) is 7.05 Å². The van der Waals surface area contributed by atoms with Gasteiger partial charge in [-0.25, -0.2) is 4.79 Å². The highest BCUT2D eigenvalue weighted by molar-refractivity contribution is 5.81. The molecule has 0 radical (unpaired) electrons. The topological polar surface area (TPSA) is 66.2 Å². The van der Waals surface area contributed by atoms with Crippen molar-refractivity contribution in [3.8, 4) is 16.9 Å². The van der Waals surface area contributed by atoms with E-state index in [1.807, 2.05) is 22.6 Å². The van der Waals surface area contributed by atoms with E-state index in [1.165, 1.54) is 17.2 Å². The maximum absolute atomic E-state index is 13.3. The van der Waals surface area contributed by atoms with Crippen molar-refractivity contribution in [2.75, 3.05) is 0 Å². The fraction of sp³-hybridized carbons (Fsp3) is 0.296. The highest BCUT2D eigenvalue weighted by atomic mass is 16.2. The molecule has 0 saturated carbocycles. The molecule has 7 nitrogen and oxygen atoms in total. The SMILES string of the molecule is CCCCc1ccc(-n2c(-c3ccccc3)c(CC)n3c4c(=O)n(C)c(=O)n(C)c4nc23)cc1. The molecular formula is C27H29N5O2. The molecule has 0 aliphatic carbocycles. The van der Waals surface area contributed by atoms with E-state index in [-0.39, 0.29) is 11.2 Å². The van der Waals surface area contributed by atoms with Crippen molar-refractivity contribution >= 4 is 16.9 Å². The highest BCUT2D eigenvalue weighted by Crippen LogP contribution is 2.33. The third-order valence-corrected chi connectivity index (χ3v) is 6.60. The van der Waals surface area contributed by atoms with Crippen LogP contribution in [0.4, 0.5) is 0 Å². The number of aromatic nitrogens is 5. The minimum atomic E-state index is -0.383. The number of benzene rings is 2. The number of fused-ring (bicyclic) bond motifs is 3. The maximum atomic E-state index is 13.3. The average molecular weight is 456 g/mol. The van der Waals surface area contributed by atoms with Crippen LogP contribution in [0.5, 0.6) is 0 Å². The van der Waals surface area contributed by atoms with Crippen LogP contribution in [0.3, 0.4) is 0 Å². The molecule has 0 spiro atoms. The van der Waals surface area contributed by atoms with Gasteiger partial charge >= 0.3 is 5.69 Å². The molecule has 0 unspecified atom stereocenters. The first-order valence-corrected chi connectivity index (χ1v) is 11.8. The Morgan fingerprint density at radius 2 is 1.59 bits per heavy atom. The van der Waals surface area contributed by atoms with Crippen molar-refractivity contribution in [1.82, 2.24) is 23.1 Å². The van der Waals surface area contributed by atoms with Crippen LogP contribution in [0.1, 0.15) is 37.9 Å². The van der Waals surface area contributed by atoms with Crippen LogP contribution < -0.4 is 11.2 Å². The Balaban J connectivity index is 1.91. The molecule has 5 aromatic rings. The Morgan fingerprint density at radius 1 is 0.882 bits per heavy atom. The predicted molar refractivity (Wildman–Crippen MR) is 136 cm³/mol. The van der Waals surface area contributed by atoms with Gasteiger partial charge in [0.2, 0.25) is 5.78 Å². The standard InChI is InChI=1S/C27H29N5O2/c1-5-7-11-18-14-16-20(17-15-18)31-22(19-12-9-8-10-13-19)21(6-2)32-23-24(28-26(31)32)29(3)27(34)30(4)25(23)33/h8-10,12-17H,5-7,11H2,1-4H3. The Kier molecular flexibility index (Phi) is 5.48. The monoisotopic (exact) mass is 455 g/mol. The smallest absolute Gasteiger partial charge is 0.279 e. The van der Waals surface area contributed by atoms with Gasteiger partial charge in [0.1, 0.15) is 0 Å². The van der Waals surface area contributed by atoms with Gasteiger partial charge in [-0.3, -0.25) is 22.9 Å². The normalized spacial score (nSPS) is 11.6. The van der Waals surface area contributed by atoms with Crippen molar-refractivity contribution < 1.29 is 0 Å². The summed E-state index contributed by atoms with van der Waals surface area (Å²) in [4.78, 5) is 30.7. The number of unbranched alkanes of at least 4 members (excludes halogenated alkanes) is 1. The average Bonchev–Trinajstić information content (AvgIpc) is 3.40. The van der Waals surface area contributed by atoms with E-state index in [4.69, 9.17) is 4.98 Å². The molecular weight excluding hydrogens is 426 g/mol. The second kappa shape index (κ2) is 8.48. The third kappa shape index (κ3) is 3.22. The molecule has 0 aliphatic heterocycles. The Morgan fingerprint density at radius 3 is 2.24 bits per heavy atom. The summed E-state index contributed by atoms with van der Waals surface area (Å²) < 4.78 is 6.65. The first-order chi connectivity index (χ1) is 16.5. The summed E-state index contributed by atoms with van der Waals surface area (Å²) in [6.45, 7) is 4.28. The van der Waals surface area contributed by atoms with Gasteiger partial charge in [-0.1, -0.05) is 62.7 Å². The number of imidazole rings is 2. The molecule has 0 amide bonds. The molecule has 3 aromatic heterocycles. The summed E-state index contributed by atoms with van der Waals surface area (Å²) in [6, 6.07) is 18.8. The molecule has 3 heterocycles. The van der Waals surface area contributed by atoms with Gasteiger partial charge in [-0.2, -0.15) is 4.98 Å². The Labute approximate surface area is 197 Å². The van der Waals surface area contributed by atoms with Gasteiger partial charge in [0.25, 0.3) is 5.56 Å². The lowest BCUT2D eigenvalue weighted by molar-refractivity contribution is 0.707. The molecule has 34 heavy (non-hydrogen) atoms. The molecule has 5 rings (SSSR count). The minimum absolute atomic E-state index is 0.341. The van der Waals surface area contributed by atoms with Gasteiger partial charge in [0, 0.05) is 25.3 Å². The first kappa shape index (κ1) is 21.9. The van der Waals surface area contributed by atoms with Gasteiger partial charge in [-0.15, -0.1) is 0 Å². The highest BCUT2D eigenvalue weighted by Gasteiger charge is 2.25. The number of hydrogen-bond donors (Lipinski definition) is 0. The van der Waals surface area contributed by atoms with E-state index in [9.17, 15) is 9.59 Å². The van der Waals surface area contributed by atoms with E-state index in [0.717, 1.165) is 46.5 Å². The molecule has 0 saturated heterocycles. The zero-order valence-corrected chi connectivity index (χ0v) is 20.1. The number of rotatable bonds is 6. The molecule has 0 aliphatic rings. The van der Waals surface area contributed by atoms with E-state index < -0.39 is 0 Å². The quantitative estimate of drug-likeness (QED) is 0.385. The van der Waals surface area contributed by atoms with Crippen LogP contribution in [0.2, 0.25) is 0 Å². The molecule has 174 valence electrons. The Bertz CT molecular complexity index is 1620. The second-order valence-electron chi connectivity index (χ2n) is 8.75. The van der Waals surface area contributed by atoms with Crippen LogP contribution in [0.15, 0.2) is 64.2 Å². The van der Waals surface area contributed by atoms with Crippen molar-refractivity contribution in [3.05, 3.63) is 86.7 Å². The lowest BCUT2D eigenvalue weighted by atomic mass is 10.1. The van der Waals surface area contributed by atoms with Crippen LogP contribution in [0, 0.1) is 0 Å². The summed E-state index contributed by atoms with van der Waals surface area (Å²) in [5.41, 5.74) is 5.40. The van der Waals surface area contributed by atoms with E-state index >= 15 is 0 Å². The van der Waals surface area contributed by atoms with E-state index in [2.05, 4.69) is 54.8 Å². The largest absolute Gasteiger partial charge is 0.332 e. The fourth-order valence-corrected chi connectivity index (χ4v) is 4.78. The van der Waals surface area contributed by atoms with Gasteiger partial charge in [0.05, 0.1) is 11.4 Å². The third-order valence-electron chi connectivity index (χ3n) is 6.60. The zero-order chi connectivity index (χ0) is 24.0. The molecule has 0 bridgehead atoms. The number of aryl methyl sites for hydroxylation is 3. The van der Waals surface area contributed by atoms with Crippen LogP contribution in [0.25, 0.3) is 33.9 Å². The predicted octanol–water partition coefficient (Wildman–Crippen LogP) is 4.25. The number of nitrogens with zero attached hydrogens (tertiary/aromatic N) is 5. The maximum Gasteiger partial charge on any atom is 0.332 e. The zero-order valence-electron chi connectivity index (χ0n) is 20.1. The summed E-state index contributed by atoms with van der Waals surface area (Å²) in [6.07, 6.45) is 4.06. The summed E-state index contributed by atoms with van der Waals surface area (Å²) in [5.74, 6) is 0.630.